The number of nitrogens with zero attached hydrogens (tertiary/aromatic N) is 1. The van der Waals surface area contributed by atoms with Gasteiger partial charge in [0.1, 0.15) is 30.1 Å². The average molecular weight is 570 g/mol. The lowest BCUT2D eigenvalue weighted by Crippen LogP contribution is -2.44. The lowest BCUT2D eigenvalue weighted by Gasteiger charge is -2.27. The van der Waals surface area contributed by atoms with Crippen LogP contribution in [0.25, 0.3) is 0 Å². The molecule has 1 aromatic heterocycles. The third-order valence-electron chi connectivity index (χ3n) is 6.74. The summed E-state index contributed by atoms with van der Waals surface area (Å²) in [5.74, 6) is -0.463. The number of benzene rings is 1. The molecule has 2 fully saturated rings. The van der Waals surface area contributed by atoms with Crippen molar-refractivity contribution in [3.63, 3.8) is 0 Å². The van der Waals surface area contributed by atoms with Crippen LogP contribution in [0.3, 0.4) is 0 Å². The zero-order valence-corrected chi connectivity index (χ0v) is 22.6. The van der Waals surface area contributed by atoms with Gasteiger partial charge in [0.25, 0.3) is 5.56 Å². The Bertz CT molecular complexity index is 1300. The fourth-order valence-corrected chi connectivity index (χ4v) is 6.09. The molecule has 1 aliphatic heterocycles. The SMILES string of the molecule is C[C@H](NP(=O)(OC[C@H]1O[C@@H](n2ccc(=O)[nH]c2=O)[C@](C)(F)[C@@H]1O)Oc1ccccc1)C(=O)OC1CCCCC1. The van der Waals surface area contributed by atoms with E-state index in [0.29, 0.717) is 0 Å². The summed E-state index contributed by atoms with van der Waals surface area (Å²) in [7, 11) is -4.31. The fraction of sp³-hybridized carbons (Fsp3) is 0.560. The Morgan fingerprint density at radius 2 is 1.95 bits per heavy atom. The molecule has 1 aromatic carbocycles. The van der Waals surface area contributed by atoms with Crippen LogP contribution in [0.15, 0.2) is 52.2 Å². The Morgan fingerprint density at radius 1 is 1.26 bits per heavy atom. The second kappa shape index (κ2) is 12.1. The Kier molecular flexibility index (Phi) is 9.07. The van der Waals surface area contributed by atoms with Crippen LogP contribution >= 0.6 is 7.75 Å². The molecule has 0 radical (unpaired) electrons. The van der Waals surface area contributed by atoms with Crippen molar-refractivity contribution in [2.24, 2.45) is 0 Å². The van der Waals surface area contributed by atoms with Gasteiger partial charge in [0, 0.05) is 12.3 Å². The third-order valence-corrected chi connectivity index (χ3v) is 8.38. The minimum absolute atomic E-state index is 0.169. The van der Waals surface area contributed by atoms with Gasteiger partial charge < -0.3 is 19.1 Å². The number of aliphatic hydroxyl groups excluding tert-OH is 1. The van der Waals surface area contributed by atoms with Gasteiger partial charge in [-0.05, 0) is 51.7 Å². The van der Waals surface area contributed by atoms with Gasteiger partial charge in [0.2, 0.25) is 0 Å². The van der Waals surface area contributed by atoms with Gasteiger partial charge in [-0.15, -0.1) is 0 Å². The number of ether oxygens (including phenoxy) is 2. The summed E-state index contributed by atoms with van der Waals surface area (Å²) in [6.45, 7) is 1.85. The molecule has 1 saturated heterocycles. The van der Waals surface area contributed by atoms with E-state index in [1.807, 2.05) is 4.98 Å². The molecule has 39 heavy (non-hydrogen) atoms. The maximum Gasteiger partial charge on any atom is 0.459 e. The number of carbonyl (C=O) groups excluding carboxylic acids is 1. The molecular weight excluding hydrogens is 536 g/mol. The zero-order chi connectivity index (χ0) is 28.2. The number of para-hydroxylation sites is 1. The lowest BCUT2D eigenvalue weighted by molar-refractivity contribution is -0.152. The molecule has 214 valence electrons. The topological polar surface area (TPSA) is 158 Å². The smallest absolute Gasteiger partial charge is 0.459 e. The number of aliphatic hydroxyl groups is 1. The summed E-state index contributed by atoms with van der Waals surface area (Å²) in [6.07, 6.45) is 0.537. The second-order valence-corrected chi connectivity index (χ2v) is 11.6. The zero-order valence-electron chi connectivity index (χ0n) is 21.7. The average Bonchev–Trinajstić information content (AvgIpc) is 3.12. The molecule has 1 unspecified atom stereocenters. The molecule has 4 rings (SSSR count). The summed E-state index contributed by atoms with van der Waals surface area (Å²) in [4.78, 5) is 38.3. The number of rotatable bonds is 10. The molecule has 2 aliphatic rings. The van der Waals surface area contributed by atoms with Crippen LogP contribution in [0, 0.1) is 0 Å². The maximum atomic E-state index is 15.5. The summed E-state index contributed by atoms with van der Waals surface area (Å²) in [5.41, 5.74) is -4.10. The molecule has 12 nitrogen and oxygen atoms in total. The van der Waals surface area contributed by atoms with Crippen molar-refractivity contribution in [2.45, 2.75) is 82.2 Å². The molecule has 0 spiro atoms. The highest BCUT2D eigenvalue weighted by Gasteiger charge is 2.56. The number of hydrogen-bond donors (Lipinski definition) is 3. The number of carbonyl (C=O) groups is 1. The van der Waals surface area contributed by atoms with E-state index in [1.54, 1.807) is 18.2 Å². The lowest BCUT2D eigenvalue weighted by atomic mass is 9.98. The van der Waals surface area contributed by atoms with Crippen LogP contribution in [-0.4, -0.2) is 57.3 Å². The number of aromatic nitrogens is 2. The van der Waals surface area contributed by atoms with Crippen LogP contribution in [-0.2, 0) is 23.4 Å². The highest BCUT2D eigenvalue weighted by Crippen LogP contribution is 2.47. The van der Waals surface area contributed by atoms with Crippen molar-refractivity contribution in [1.82, 2.24) is 14.6 Å². The predicted octanol–water partition coefficient (Wildman–Crippen LogP) is 2.58. The molecule has 0 amide bonds. The largest absolute Gasteiger partial charge is 0.461 e. The molecule has 0 bridgehead atoms. The van der Waals surface area contributed by atoms with Crippen molar-refractivity contribution in [2.75, 3.05) is 6.61 Å². The van der Waals surface area contributed by atoms with Gasteiger partial charge in [-0.25, -0.2) is 13.8 Å². The van der Waals surface area contributed by atoms with Gasteiger partial charge >= 0.3 is 19.4 Å². The highest BCUT2D eigenvalue weighted by molar-refractivity contribution is 7.52. The van der Waals surface area contributed by atoms with Gasteiger partial charge in [0.05, 0.1) is 6.61 Å². The first-order valence-corrected chi connectivity index (χ1v) is 14.3. The normalized spacial score (nSPS) is 27.9. The summed E-state index contributed by atoms with van der Waals surface area (Å²) >= 11 is 0. The quantitative estimate of drug-likeness (QED) is 0.287. The first-order valence-electron chi connectivity index (χ1n) is 12.8. The van der Waals surface area contributed by atoms with Crippen LogP contribution in [0.2, 0.25) is 0 Å². The minimum Gasteiger partial charge on any atom is -0.461 e. The van der Waals surface area contributed by atoms with E-state index in [2.05, 4.69) is 5.09 Å². The number of nitrogens with one attached hydrogen (secondary N) is 2. The molecule has 1 aliphatic carbocycles. The van der Waals surface area contributed by atoms with E-state index in [0.717, 1.165) is 55.9 Å². The van der Waals surface area contributed by atoms with Gasteiger partial charge in [-0.1, -0.05) is 24.6 Å². The van der Waals surface area contributed by atoms with E-state index in [1.165, 1.54) is 19.1 Å². The molecule has 14 heteroatoms. The van der Waals surface area contributed by atoms with Gasteiger partial charge in [-0.3, -0.25) is 23.7 Å². The Balaban J connectivity index is 1.48. The molecule has 2 aromatic rings. The minimum atomic E-state index is -4.31. The van der Waals surface area contributed by atoms with E-state index in [4.69, 9.17) is 18.5 Å². The van der Waals surface area contributed by atoms with E-state index in [-0.39, 0.29) is 11.9 Å². The summed E-state index contributed by atoms with van der Waals surface area (Å²) < 4.78 is 52.4. The highest BCUT2D eigenvalue weighted by atomic mass is 31.2. The van der Waals surface area contributed by atoms with Gasteiger partial charge in [0.15, 0.2) is 11.9 Å². The second-order valence-electron chi connectivity index (χ2n) is 9.89. The number of alkyl halides is 1. The number of hydrogen-bond acceptors (Lipinski definition) is 9. The standard InChI is InChI=1S/C25H33FN3O9P/c1-16(22(32)36-17-9-5-3-6-10-17)28-39(34,38-18-11-7-4-8-12-18)35-15-19-21(31)25(2,26)23(37-19)29-14-13-20(30)27-24(29)33/h4,7-8,11-14,16-17,19,21,23,31H,3,5-6,9-10,15H2,1-2H3,(H,28,34)(H,27,30,33)/t16-,19+,21+,23+,25+,39?/m0/s1. The molecule has 6 atom stereocenters. The molecule has 1 saturated carbocycles. The van der Waals surface area contributed by atoms with Crippen molar-refractivity contribution in [3.8, 4) is 5.75 Å². The molecule has 3 N–H and O–H groups in total. The predicted molar refractivity (Wildman–Crippen MR) is 137 cm³/mol. The Morgan fingerprint density at radius 3 is 2.62 bits per heavy atom. The van der Waals surface area contributed by atoms with E-state index in [9.17, 15) is 24.1 Å². The van der Waals surface area contributed by atoms with E-state index >= 15 is 4.39 Å². The Labute approximate surface area is 224 Å². The van der Waals surface area contributed by atoms with Gasteiger partial charge in [-0.2, -0.15) is 5.09 Å². The van der Waals surface area contributed by atoms with Crippen molar-refractivity contribution >= 4 is 13.7 Å². The van der Waals surface area contributed by atoms with Crippen LogP contribution in [0.4, 0.5) is 4.39 Å². The Hall–Kier alpha value is -2.83. The van der Waals surface area contributed by atoms with Crippen LogP contribution in [0.5, 0.6) is 5.75 Å². The number of H-pyrrole nitrogens is 1. The summed E-state index contributed by atoms with van der Waals surface area (Å²) in [5, 5.41) is 13.2. The number of halogens is 1. The monoisotopic (exact) mass is 569 g/mol. The first kappa shape index (κ1) is 29.2. The molecule has 2 heterocycles. The fourth-order valence-electron chi connectivity index (χ4n) is 4.58. The maximum absolute atomic E-state index is 15.5. The van der Waals surface area contributed by atoms with Crippen molar-refractivity contribution in [3.05, 3.63) is 63.4 Å². The third kappa shape index (κ3) is 7.03. The van der Waals surface area contributed by atoms with Crippen LogP contribution in [0.1, 0.15) is 52.2 Å². The number of esters is 1. The van der Waals surface area contributed by atoms with Crippen molar-refractivity contribution < 1.29 is 37.4 Å². The van der Waals surface area contributed by atoms with E-state index < -0.39 is 61.7 Å². The first-order chi connectivity index (χ1) is 18.5. The molecular formula is C25H33FN3O9P. The van der Waals surface area contributed by atoms with Crippen LogP contribution < -0.4 is 20.9 Å². The van der Waals surface area contributed by atoms with Crippen molar-refractivity contribution in [1.29, 1.82) is 0 Å². The summed E-state index contributed by atoms with van der Waals surface area (Å²) in [6, 6.07) is 7.99. The number of aromatic amines is 1.